The molecule has 0 spiro atoms. The Balaban J connectivity index is 4.49. The second-order valence-corrected chi connectivity index (χ2v) is 17.4. The predicted octanol–water partition coefficient (Wildman–Crippen LogP) is 13.1. The molecule has 0 N–H and O–H groups in total. The number of nitrogens with zero attached hydrogens (tertiary/aromatic N) is 1. The summed E-state index contributed by atoms with van der Waals surface area (Å²) in [5, 5.41) is 0. The molecule has 62 heavy (non-hydrogen) atoms. The maximum absolute atomic E-state index is 12.7. The third kappa shape index (κ3) is 45.9. The molecule has 0 aliphatic heterocycles. The van der Waals surface area contributed by atoms with E-state index in [0.717, 1.165) is 103 Å². The second kappa shape index (κ2) is 42.7. The minimum Gasteiger partial charge on any atom is -0.756 e. The van der Waals surface area contributed by atoms with Gasteiger partial charge in [-0.1, -0.05) is 148 Å². The van der Waals surface area contributed by atoms with Crippen molar-refractivity contribution in [3.05, 3.63) is 122 Å². The van der Waals surface area contributed by atoms with Gasteiger partial charge in [-0.05, 0) is 103 Å². The first-order chi connectivity index (χ1) is 30.0. The maximum atomic E-state index is 12.7. The smallest absolute Gasteiger partial charge is 0.306 e. The molecule has 0 saturated heterocycles. The van der Waals surface area contributed by atoms with E-state index in [1.165, 1.54) is 0 Å². The van der Waals surface area contributed by atoms with Gasteiger partial charge in [0.15, 0.2) is 6.10 Å². The summed E-state index contributed by atoms with van der Waals surface area (Å²) in [4.78, 5) is 37.6. The van der Waals surface area contributed by atoms with Crippen molar-refractivity contribution in [3.8, 4) is 0 Å². The number of phosphoric ester groups is 1. The molecule has 1 unspecified atom stereocenters. The van der Waals surface area contributed by atoms with Crippen LogP contribution in [0.25, 0.3) is 0 Å². The Hall–Kier alpha value is -3.59. The zero-order valence-corrected chi connectivity index (χ0v) is 40.1. The molecule has 0 aliphatic rings. The summed E-state index contributed by atoms with van der Waals surface area (Å²) in [5.74, 6) is -0.924. The van der Waals surface area contributed by atoms with E-state index >= 15 is 0 Å². The quantitative estimate of drug-likeness (QED) is 0.0197. The number of esters is 2. The SMILES string of the molecule is CC/C=C\C/C=C\C/C=C\C/C=C\C/C=C\CCCCCC(=O)OC[C@H](COP(=O)([O-])OCC[N+](C)(C)C)OC(=O)CCCCC/C=C\C/C=C\C/C=C\C/C=C\C/C=C\CC. The molecule has 2 atom stereocenters. The molecule has 0 fully saturated rings. The molecule has 0 aromatic carbocycles. The Labute approximate surface area is 378 Å². The Bertz CT molecular complexity index is 1460. The van der Waals surface area contributed by atoms with Crippen LogP contribution in [-0.4, -0.2) is 70.0 Å². The average Bonchev–Trinajstić information content (AvgIpc) is 3.23. The van der Waals surface area contributed by atoms with E-state index in [0.29, 0.717) is 23.9 Å². The van der Waals surface area contributed by atoms with Gasteiger partial charge in [-0.2, -0.15) is 0 Å². The number of carbonyl (C=O) groups is 2. The maximum Gasteiger partial charge on any atom is 0.306 e. The lowest BCUT2D eigenvalue weighted by atomic mass is 10.1. The molecule has 0 bridgehead atoms. The van der Waals surface area contributed by atoms with Crippen LogP contribution in [-0.2, 0) is 32.7 Å². The molecule has 0 saturated carbocycles. The van der Waals surface area contributed by atoms with Gasteiger partial charge in [0.1, 0.15) is 19.8 Å². The van der Waals surface area contributed by atoms with Crippen LogP contribution in [0.2, 0.25) is 0 Å². The Morgan fingerprint density at radius 3 is 1.26 bits per heavy atom. The average molecular weight is 882 g/mol. The number of unbranched alkanes of at least 4 members (excludes halogenated alkanes) is 6. The van der Waals surface area contributed by atoms with Gasteiger partial charge in [-0.3, -0.25) is 14.2 Å². The lowest BCUT2D eigenvalue weighted by molar-refractivity contribution is -0.870. The summed E-state index contributed by atoms with van der Waals surface area (Å²) < 4.78 is 33.9. The first kappa shape index (κ1) is 58.4. The highest BCUT2D eigenvalue weighted by atomic mass is 31.2. The van der Waals surface area contributed by atoms with E-state index < -0.39 is 32.5 Å². The lowest BCUT2D eigenvalue weighted by Gasteiger charge is -2.28. The molecule has 350 valence electrons. The van der Waals surface area contributed by atoms with E-state index in [-0.39, 0.29) is 26.1 Å². The fraction of sp³-hybridized carbons (Fsp3) is 0.577. The molecular formula is C52H84NO8P. The number of quaternary nitrogens is 1. The van der Waals surface area contributed by atoms with Crippen molar-refractivity contribution in [1.29, 1.82) is 0 Å². The van der Waals surface area contributed by atoms with Gasteiger partial charge >= 0.3 is 11.9 Å². The normalized spacial score (nSPS) is 14.6. The van der Waals surface area contributed by atoms with Gasteiger partial charge in [-0.25, -0.2) is 0 Å². The van der Waals surface area contributed by atoms with Crippen LogP contribution in [0.3, 0.4) is 0 Å². The van der Waals surface area contributed by atoms with Crippen molar-refractivity contribution < 1.29 is 42.1 Å². The topological polar surface area (TPSA) is 111 Å². The standard InChI is InChI=1S/C52H84NO8P/c1-6-8-10-12-14-16-18-20-22-24-26-28-30-32-34-36-38-40-42-44-51(54)58-48-50(49-60-62(56,57)59-47-46-53(3,4)5)61-52(55)45-43-41-39-37-35-33-31-29-27-25-23-21-19-17-15-13-11-9-7-2/h8-11,14-17,20-23,26-29,32-35,50H,6-7,12-13,18-19,24-25,30-31,36-49H2,1-5H3/b10-8-,11-9-,16-14-,17-15-,22-20-,23-21-,28-26-,29-27-,34-32-,35-33-/t50-/m1/s1. The third-order valence-electron chi connectivity index (χ3n) is 8.98. The summed E-state index contributed by atoms with van der Waals surface area (Å²) >= 11 is 0. The summed E-state index contributed by atoms with van der Waals surface area (Å²) in [6.07, 6.45) is 59.4. The monoisotopic (exact) mass is 882 g/mol. The Morgan fingerprint density at radius 2 is 0.871 bits per heavy atom. The number of rotatable bonds is 40. The molecule has 10 heteroatoms. The highest BCUT2D eigenvalue weighted by molar-refractivity contribution is 7.45. The summed E-state index contributed by atoms with van der Waals surface area (Å²) in [6, 6.07) is 0. The first-order valence-corrected chi connectivity index (χ1v) is 24.7. The Morgan fingerprint density at radius 1 is 0.500 bits per heavy atom. The first-order valence-electron chi connectivity index (χ1n) is 23.2. The number of allylic oxidation sites excluding steroid dienone is 20. The second-order valence-electron chi connectivity index (χ2n) is 16.0. The highest BCUT2D eigenvalue weighted by Crippen LogP contribution is 2.38. The summed E-state index contributed by atoms with van der Waals surface area (Å²) in [5.41, 5.74) is 0. The van der Waals surface area contributed by atoms with Gasteiger partial charge in [0.25, 0.3) is 7.82 Å². The minimum absolute atomic E-state index is 0.0512. The van der Waals surface area contributed by atoms with Gasteiger partial charge < -0.3 is 27.9 Å². The van der Waals surface area contributed by atoms with Crippen molar-refractivity contribution in [3.63, 3.8) is 0 Å². The van der Waals surface area contributed by atoms with Gasteiger partial charge in [0.05, 0.1) is 27.7 Å². The summed E-state index contributed by atoms with van der Waals surface area (Å²) in [7, 11) is 1.10. The van der Waals surface area contributed by atoms with Gasteiger partial charge in [0, 0.05) is 12.8 Å². The predicted molar refractivity (Wildman–Crippen MR) is 258 cm³/mol. The lowest BCUT2D eigenvalue weighted by Crippen LogP contribution is -2.37. The fourth-order valence-corrected chi connectivity index (χ4v) is 6.14. The number of ether oxygens (including phenoxy) is 2. The van der Waals surface area contributed by atoms with Gasteiger partial charge in [-0.15, -0.1) is 0 Å². The van der Waals surface area contributed by atoms with Crippen molar-refractivity contribution in [1.82, 2.24) is 0 Å². The number of hydrogen-bond acceptors (Lipinski definition) is 8. The zero-order chi connectivity index (χ0) is 45.7. The van der Waals surface area contributed by atoms with Crippen molar-refractivity contribution in [2.45, 2.75) is 148 Å². The summed E-state index contributed by atoms with van der Waals surface area (Å²) in [6.45, 7) is 3.89. The van der Waals surface area contributed by atoms with Crippen LogP contribution in [0.1, 0.15) is 142 Å². The van der Waals surface area contributed by atoms with E-state index in [9.17, 15) is 19.0 Å². The molecule has 0 radical (unpaired) electrons. The molecule has 0 aliphatic carbocycles. The van der Waals surface area contributed by atoms with Crippen molar-refractivity contribution in [2.75, 3.05) is 47.5 Å². The molecule has 9 nitrogen and oxygen atoms in total. The van der Waals surface area contributed by atoms with Crippen molar-refractivity contribution in [2.24, 2.45) is 0 Å². The number of phosphoric acid groups is 1. The third-order valence-corrected chi connectivity index (χ3v) is 9.94. The van der Waals surface area contributed by atoms with Crippen LogP contribution in [0.15, 0.2) is 122 Å². The van der Waals surface area contributed by atoms with E-state index in [4.69, 9.17) is 18.5 Å². The van der Waals surface area contributed by atoms with E-state index in [2.05, 4.69) is 135 Å². The molecule has 0 heterocycles. The van der Waals surface area contributed by atoms with E-state index in [1.54, 1.807) is 0 Å². The van der Waals surface area contributed by atoms with Gasteiger partial charge in [0.2, 0.25) is 0 Å². The highest BCUT2D eigenvalue weighted by Gasteiger charge is 2.21. The molecule has 0 rings (SSSR count). The fourth-order valence-electron chi connectivity index (χ4n) is 5.41. The van der Waals surface area contributed by atoms with Crippen LogP contribution < -0.4 is 4.89 Å². The van der Waals surface area contributed by atoms with Crippen LogP contribution in [0.4, 0.5) is 0 Å². The largest absolute Gasteiger partial charge is 0.756 e. The molecule has 0 aromatic rings. The van der Waals surface area contributed by atoms with Crippen LogP contribution in [0.5, 0.6) is 0 Å². The number of hydrogen-bond donors (Lipinski definition) is 0. The Kier molecular flexibility index (Phi) is 40.2. The van der Waals surface area contributed by atoms with Crippen molar-refractivity contribution >= 4 is 19.8 Å². The van der Waals surface area contributed by atoms with Crippen LogP contribution >= 0.6 is 7.82 Å². The molecular weight excluding hydrogens is 798 g/mol. The van der Waals surface area contributed by atoms with Crippen LogP contribution in [0, 0.1) is 0 Å². The molecule has 0 aromatic heterocycles. The number of carbonyl (C=O) groups excluding carboxylic acids is 2. The minimum atomic E-state index is -4.66. The molecule has 0 amide bonds. The van der Waals surface area contributed by atoms with E-state index in [1.807, 2.05) is 21.1 Å². The number of likely N-dealkylation sites (N-methyl/N-ethyl adjacent to an activating group) is 1. The zero-order valence-electron chi connectivity index (χ0n) is 39.3.